The Morgan fingerprint density at radius 1 is 1.07 bits per heavy atom. The van der Waals surface area contributed by atoms with Crippen LogP contribution in [0.5, 0.6) is 0 Å². The third kappa shape index (κ3) is 3.35. The monoisotopic (exact) mass is 363 g/mol. The van der Waals surface area contributed by atoms with Gasteiger partial charge in [-0.2, -0.15) is 0 Å². The van der Waals surface area contributed by atoms with E-state index in [1.54, 1.807) is 6.92 Å². The summed E-state index contributed by atoms with van der Waals surface area (Å²) in [7, 11) is 0. The Bertz CT molecular complexity index is 852. The Morgan fingerprint density at radius 3 is 2.52 bits per heavy atom. The molecule has 2 aliphatic rings. The van der Waals surface area contributed by atoms with Crippen molar-refractivity contribution in [2.75, 3.05) is 13.1 Å². The summed E-state index contributed by atoms with van der Waals surface area (Å²) in [5.41, 5.74) is 9.73. The second kappa shape index (κ2) is 7.16. The van der Waals surface area contributed by atoms with Crippen molar-refractivity contribution >= 4 is 11.8 Å². The number of carbonyl (C=O) groups is 2. The summed E-state index contributed by atoms with van der Waals surface area (Å²) in [6, 6.07) is 17.6. The summed E-state index contributed by atoms with van der Waals surface area (Å²) in [6.07, 6.45) is 0.526. The van der Waals surface area contributed by atoms with Gasteiger partial charge in [0.05, 0.1) is 12.1 Å². The summed E-state index contributed by atoms with van der Waals surface area (Å²) in [5.74, 6) is 0.184. The van der Waals surface area contributed by atoms with Crippen molar-refractivity contribution in [3.8, 4) is 0 Å². The molecule has 1 saturated heterocycles. The first-order valence-electron chi connectivity index (χ1n) is 9.48. The van der Waals surface area contributed by atoms with Crippen molar-refractivity contribution < 1.29 is 9.59 Å². The molecular weight excluding hydrogens is 338 g/mol. The Labute approximate surface area is 159 Å². The Kier molecular flexibility index (Phi) is 4.70. The summed E-state index contributed by atoms with van der Waals surface area (Å²) < 4.78 is 0. The van der Waals surface area contributed by atoms with Crippen LogP contribution in [0.3, 0.4) is 0 Å². The van der Waals surface area contributed by atoms with Gasteiger partial charge in [0, 0.05) is 32.5 Å². The number of rotatable bonds is 3. The van der Waals surface area contributed by atoms with Crippen molar-refractivity contribution in [2.24, 2.45) is 5.73 Å². The van der Waals surface area contributed by atoms with E-state index in [1.807, 2.05) is 52.3 Å². The second-order valence-electron chi connectivity index (χ2n) is 7.56. The van der Waals surface area contributed by atoms with Crippen molar-refractivity contribution in [2.45, 2.75) is 37.9 Å². The van der Waals surface area contributed by atoms with Gasteiger partial charge in [0.15, 0.2) is 0 Å². The number of hydrogen-bond donors (Lipinski definition) is 1. The normalized spacial score (nSPS) is 22.1. The molecule has 0 unspecified atom stereocenters. The molecular formula is C22H25N3O2. The van der Waals surface area contributed by atoms with Gasteiger partial charge in [0.2, 0.25) is 11.8 Å². The van der Waals surface area contributed by atoms with E-state index in [4.69, 9.17) is 5.73 Å². The number of hydrogen-bond acceptors (Lipinski definition) is 3. The molecule has 27 heavy (non-hydrogen) atoms. The van der Waals surface area contributed by atoms with E-state index in [0.29, 0.717) is 26.1 Å². The van der Waals surface area contributed by atoms with Crippen molar-refractivity contribution in [3.63, 3.8) is 0 Å². The SMILES string of the molecule is CC(=O)N1Cc2ccccc2[C@@H]2CN(C(=O)[C@H](N)Cc3ccccc3)C[C@@H]21. The zero-order valence-electron chi connectivity index (χ0n) is 15.5. The molecule has 5 nitrogen and oxygen atoms in total. The van der Waals surface area contributed by atoms with Gasteiger partial charge in [-0.3, -0.25) is 9.59 Å². The highest BCUT2D eigenvalue weighted by molar-refractivity contribution is 5.83. The van der Waals surface area contributed by atoms with Crippen LogP contribution in [0.4, 0.5) is 0 Å². The molecule has 0 saturated carbocycles. The summed E-state index contributed by atoms with van der Waals surface area (Å²) in [6.45, 7) is 3.40. The molecule has 2 heterocycles. The van der Waals surface area contributed by atoms with E-state index in [-0.39, 0.29) is 23.8 Å². The minimum Gasteiger partial charge on any atom is -0.339 e. The average molecular weight is 363 g/mol. The minimum atomic E-state index is -0.562. The smallest absolute Gasteiger partial charge is 0.239 e. The lowest BCUT2D eigenvalue weighted by Crippen LogP contribution is -2.47. The van der Waals surface area contributed by atoms with Crippen LogP contribution < -0.4 is 5.73 Å². The van der Waals surface area contributed by atoms with Gasteiger partial charge in [-0.15, -0.1) is 0 Å². The van der Waals surface area contributed by atoms with Crippen LogP contribution in [0.1, 0.15) is 29.5 Å². The lowest BCUT2D eigenvalue weighted by atomic mass is 9.85. The fraction of sp³-hybridized carbons (Fsp3) is 0.364. The van der Waals surface area contributed by atoms with Crippen LogP contribution >= 0.6 is 0 Å². The molecule has 0 bridgehead atoms. The van der Waals surface area contributed by atoms with Crippen molar-refractivity contribution in [1.29, 1.82) is 0 Å². The van der Waals surface area contributed by atoms with Crippen LogP contribution in [0.2, 0.25) is 0 Å². The molecule has 2 N–H and O–H groups in total. The quantitative estimate of drug-likeness (QED) is 0.906. The lowest BCUT2D eigenvalue weighted by molar-refractivity contribution is -0.134. The minimum absolute atomic E-state index is 0.0327. The highest BCUT2D eigenvalue weighted by Gasteiger charge is 2.44. The van der Waals surface area contributed by atoms with Gasteiger partial charge in [0.25, 0.3) is 0 Å². The van der Waals surface area contributed by atoms with E-state index in [1.165, 1.54) is 11.1 Å². The summed E-state index contributed by atoms with van der Waals surface area (Å²) >= 11 is 0. The molecule has 0 spiro atoms. The number of fused-ring (bicyclic) bond motifs is 3. The fourth-order valence-corrected chi connectivity index (χ4v) is 4.46. The van der Waals surface area contributed by atoms with Gasteiger partial charge in [-0.05, 0) is 23.1 Å². The van der Waals surface area contributed by atoms with E-state index in [0.717, 1.165) is 5.56 Å². The highest BCUT2D eigenvalue weighted by atomic mass is 16.2. The van der Waals surface area contributed by atoms with Gasteiger partial charge >= 0.3 is 0 Å². The van der Waals surface area contributed by atoms with Crippen LogP contribution in [0.25, 0.3) is 0 Å². The number of benzene rings is 2. The molecule has 2 amide bonds. The topological polar surface area (TPSA) is 66.6 Å². The predicted octanol–water partition coefficient (Wildman–Crippen LogP) is 1.91. The van der Waals surface area contributed by atoms with E-state index in [9.17, 15) is 9.59 Å². The predicted molar refractivity (Wildman–Crippen MR) is 104 cm³/mol. The molecule has 0 radical (unpaired) electrons. The number of nitrogens with zero attached hydrogens (tertiary/aromatic N) is 2. The zero-order valence-corrected chi connectivity index (χ0v) is 15.5. The Balaban J connectivity index is 1.54. The fourth-order valence-electron chi connectivity index (χ4n) is 4.46. The standard InChI is InChI=1S/C22H25N3O2/c1-15(26)25-12-17-9-5-6-10-18(17)19-13-24(14-21(19)25)22(27)20(23)11-16-7-3-2-4-8-16/h2-10,19-21H,11-14,23H2,1H3/t19-,20+,21-/m0/s1. The van der Waals surface area contributed by atoms with Crippen LogP contribution in [-0.4, -0.2) is 46.8 Å². The van der Waals surface area contributed by atoms with Crippen molar-refractivity contribution in [1.82, 2.24) is 9.80 Å². The van der Waals surface area contributed by atoms with Gasteiger partial charge in [-0.25, -0.2) is 0 Å². The third-order valence-corrected chi connectivity index (χ3v) is 5.82. The molecule has 5 heteroatoms. The second-order valence-corrected chi connectivity index (χ2v) is 7.56. The first-order valence-corrected chi connectivity index (χ1v) is 9.48. The number of likely N-dealkylation sites (tertiary alicyclic amines) is 1. The van der Waals surface area contributed by atoms with Crippen LogP contribution in [0, 0.1) is 0 Å². The van der Waals surface area contributed by atoms with Gasteiger partial charge < -0.3 is 15.5 Å². The molecule has 2 aromatic carbocycles. The zero-order chi connectivity index (χ0) is 19.0. The number of carbonyl (C=O) groups excluding carboxylic acids is 2. The molecule has 0 aromatic heterocycles. The molecule has 1 fully saturated rings. The molecule has 4 rings (SSSR count). The molecule has 0 aliphatic carbocycles. The third-order valence-electron chi connectivity index (χ3n) is 5.82. The summed E-state index contributed by atoms with van der Waals surface area (Å²) in [4.78, 5) is 28.9. The Morgan fingerprint density at radius 2 is 1.78 bits per heavy atom. The largest absolute Gasteiger partial charge is 0.339 e. The average Bonchev–Trinajstić information content (AvgIpc) is 3.12. The van der Waals surface area contributed by atoms with Crippen molar-refractivity contribution in [3.05, 3.63) is 71.3 Å². The lowest BCUT2D eigenvalue weighted by Gasteiger charge is -2.37. The maximum atomic E-state index is 13.0. The first kappa shape index (κ1) is 17.7. The maximum absolute atomic E-state index is 13.0. The van der Waals surface area contributed by atoms with Crippen LogP contribution in [0.15, 0.2) is 54.6 Å². The molecule has 140 valence electrons. The molecule has 3 atom stereocenters. The maximum Gasteiger partial charge on any atom is 0.239 e. The van der Waals surface area contributed by atoms with E-state index in [2.05, 4.69) is 12.1 Å². The highest BCUT2D eigenvalue weighted by Crippen LogP contribution is 2.38. The summed E-state index contributed by atoms with van der Waals surface area (Å²) in [5, 5.41) is 0. The molecule has 2 aromatic rings. The number of nitrogens with two attached hydrogens (primary N) is 1. The van der Waals surface area contributed by atoms with E-state index >= 15 is 0 Å². The molecule has 2 aliphatic heterocycles. The Hall–Kier alpha value is -2.66. The van der Waals surface area contributed by atoms with E-state index < -0.39 is 6.04 Å². The van der Waals surface area contributed by atoms with Gasteiger partial charge in [-0.1, -0.05) is 54.6 Å². The van der Waals surface area contributed by atoms with Crippen LogP contribution in [-0.2, 0) is 22.6 Å². The first-order chi connectivity index (χ1) is 13.0. The number of amides is 2. The van der Waals surface area contributed by atoms with Gasteiger partial charge in [0.1, 0.15) is 0 Å².